The van der Waals surface area contributed by atoms with Crippen molar-refractivity contribution >= 4 is 21.6 Å². The smallest absolute Gasteiger partial charge is 0.409 e. The standard InChI is InChI=1S/C20H24N2O4S/c1-14-19(27(24,25)16-7-5-4-6-8-16)17-13-15(9-10-18(17)21-14)11-12-22(2)20(23)26-3/h4-10,13-14,19,21H,11-12H2,1-3H3. The van der Waals surface area contributed by atoms with Gasteiger partial charge in [0.2, 0.25) is 0 Å². The molecule has 0 bridgehead atoms. The Morgan fingerprint density at radius 1 is 1.19 bits per heavy atom. The number of amides is 1. The maximum absolute atomic E-state index is 13.2. The number of nitrogens with one attached hydrogen (secondary N) is 1. The molecule has 2 atom stereocenters. The van der Waals surface area contributed by atoms with Crippen molar-refractivity contribution < 1.29 is 17.9 Å². The Morgan fingerprint density at radius 2 is 1.89 bits per heavy atom. The van der Waals surface area contributed by atoms with Gasteiger partial charge in [-0.1, -0.05) is 30.3 Å². The quantitative estimate of drug-likeness (QED) is 0.851. The molecule has 2 aromatic carbocycles. The van der Waals surface area contributed by atoms with E-state index in [1.54, 1.807) is 37.4 Å². The molecular weight excluding hydrogens is 364 g/mol. The Bertz CT molecular complexity index is 928. The van der Waals surface area contributed by atoms with Crippen molar-refractivity contribution in [2.24, 2.45) is 0 Å². The van der Waals surface area contributed by atoms with Crippen LogP contribution in [-0.4, -0.2) is 46.2 Å². The van der Waals surface area contributed by atoms with Gasteiger partial charge in [0.25, 0.3) is 0 Å². The van der Waals surface area contributed by atoms with E-state index >= 15 is 0 Å². The molecule has 7 heteroatoms. The second kappa shape index (κ2) is 7.60. The van der Waals surface area contributed by atoms with E-state index in [0.29, 0.717) is 17.9 Å². The first kappa shape index (κ1) is 19.2. The number of ether oxygens (including phenoxy) is 1. The van der Waals surface area contributed by atoms with Crippen LogP contribution in [0.25, 0.3) is 0 Å². The van der Waals surface area contributed by atoms with Gasteiger partial charge in [-0.15, -0.1) is 0 Å². The summed E-state index contributed by atoms with van der Waals surface area (Å²) in [5, 5.41) is 2.63. The van der Waals surface area contributed by atoms with Crippen molar-refractivity contribution in [1.29, 1.82) is 0 Å². The second-order valence-corrected chi connectivity index (χ2v) is 8.84. The van der Waals surface area contributed by atoms with Crippen molar-refractivity contribution in [3.63, 3.8) is 0 Å². The molecule has 0 saturated carbocycles. The molecule has 0 radical (unpaired) electrons. The number of carbonyl (C=O) groups is 1. The predicted octanol–water partition coefficient (Wildman–Crippen LogP) is 3.26. The summed E-state index contributed by atoms with van der Waals surface area (Å²) in [6, 6.07) is 14.1. The van der Waals surface area contributed by atoms with Gasteiger partial charge >= 0.3 is 6.09 Å². The Balaban J connectivity index is 1.88. The Hall–Kier alpha value is -2.54. The van der Waals surface area contributed by atoms with Crippen molar-refractivity contribution in [2.75, 3.05) is 26.0 Å². The van der Waals surface area contributed by atoms with Gasteiger partial charge in [0.15, 0.2) is 9.84 Å². The first-order valence-electron chi connectivity index (χ1n) is 8.82. The van der Waals surface area contributed by atoms with Crippen LogP contribution in [0.15, 0.2) is 53.4 Å². The zero-order valence-electron chi connectivity index (χ0n) is 15.7. The Labute approximate surface area is 160 Å². The van der Waals surface area contributed by atoms with E-state index in [1.807, 2.05) is 25.1 Å². The van der Waals surface area contributed by atoms with Crippen LogP contribution >= 0.6 is 0 Å². The third-order valence-electron chi connectivity index (χ3n) is 4.89. The summed E-state index contributed by atoms with van der Waals surface area (Å²) in [4.78, 5) is 13.3. The van der Waals surface area contributed by atoms with Gasteiger partial charge in [-0.3, -0.25) is 0 Å². The van der Waals surface area contributed by atoms with Crippen molar-refractivity contribution in [3.8, 4) is 0 Å². The number of methoxy groups -OCH3 is 1. The van der Waals surface area contributed by atoms with E-state index in [2.05, 4.69) is 5.32 Å². The van der Waals surface area contributed by atoms with E-state index in [4.69, 9.17) is 4.74 Å². The van der Waals surface area contributed by atoms with Crippen LogP contribution in [0.1, 0.15) is 23.3 Å². The molecule has 1 aliphatic rings. The van der Waals surface area contributed by atoms with Crippen LogP contribution < -0.4 is 5.32 Å². The van der Waals surface area contributed by atoms with Gasteiger partial charge in [-0.05, 0) is 42.7 Å². The lowest BCUT2D eigenvalue weighted by Gasteiger charge is -2.18. The minimum atomic E-state index is -3.51. The fraction of sp³-hybridized carbons (Fsp3) is 0.350. The summed E-state index contributed by atoms with van der Waals surface area (Å²) in [7, 11) is -0.494. The summed E-state index contributed by atoms with van der Waals surface area (Å²) in [6.07, 6.45) is 0.224. The average Bonchev–Trinajstić information content (AvgIpc) is 3.01. The second-order valence-electron chi connectivity index (χ2n) is 6.77. The van der Waals surface area contributed by atoms with Crippen molar-refractivity contribution in [3.05, 3.63) is 59.7 Å². The molecule has 27 heavy (non-hydrogen) atoms. The largest absolute Gasteiger partial charge is 0.453 e. The molecule has 6 nitrogen and oxygen atoms in total. The molecule has 1 heterocycles. The predicted molar refractivity (Wildman–Crippen MR) is 105 cm³/mol. The number of likely N-dealkylation sites (N-methyl/N-ethyl adjacent to an activating group) is 1. The zero-order chi connectivity index (χ0) is 19.6. The fourth-order valence-corrected chi connectivity index (χ4v) is 5.43. The van der Waals surface area contributed by atoms with Gasteiger partial charge in [0.1, 0.15) is 5.25 Å². The highest BCUT2D eigenvalue weighted by atomic mass is 32.2. The van der Waals surface area contributed by atoms with Crippen LogP contribution in [0.2, 0.25) is 0 Å². The van der Waals surface area contributed by atoms with Crippen molar-refractivity contribution in [2.45, 2.75) is 29.5 Å². The first-order valence-corrected chi connectivity index (χ1v) is 10.4. The first-order chi connectivity index (χ1) is 12.8. The van der Waals surface area contributed by atoms with Gasteiger partial charge in [0, 0.05) is 25.3 Å². The molecule has 3 rings (SSSR count). The number of hydrogen-bond donors (Lipinski definition) is 1. The summed E-state index contributed by atoms with van der Waals surface area (Å²) >= 11 is 0. The molecule has 1 aliphatic heterocycles. The molecule has 0 fully saturated rings. The molecule has 0 aliphatic carbocycles. The molecule has 0 aromatic heterocycles. The normalized spacial score (nSPS) is 18.5. The summed E-state index contributed by atoms with van der Waals surface area (Å²) in [6.45, 7) is 2.38. The number of sulfone groups is 1. The number of hydrogen-bond acceptors (Lipinski definition) is 5. The number of fused-ring (bicyclic) bond motifs is 1. The Morgan fingerprint density at radius 3 is 2.56 bits per heavy atom. The molecule has 1 amide bonds. The number of benzene rings is 2. The highest BCUT2D eigenvalue weighted by Gasteiger charge is 2.40. The SMILES string of the molecule is COC(=O)N(C)CCc1ccc2c(c1)C(S(=O)(=O)c1ccccc1)C(C)N2. The third-order valence-corrected chi connectivity index (χ3v) is 7.15. The minimum Gasteiger partial charge on any atom is -0.453 e. The lowest BCUT2D eigenvalue weighted by molar-refractivity contribution is 0.134. The van der Waals surface area contributed by atoms with Gasteiger partial charge in [-0.2, -0.15) is 0 Å². The number of nitrogens with zero attached hydrogens (tertiary/aromatic N) is 1. The molecular formula is C20H24N2O4S. The van der Waals surface area contributed by atoms with Crippen LogP contribution in [0, 0.1) is 0 Å². The van der Waals surface area contributed by atoms with E-state index < -0.39 is 21.2 Å². The lowest BCUT2D eigenvalue weighted by Crippen LogP contribution is -2.28. The van der Waals surface area contributed by atoms with E-state index in [0.717, 1.165) is 16.8 Å². The molecule has 2 unspecified atom stereocenters. The molecule has 1 N–H and O–H groups in total. The van der Waals surface area contributed by atoms with Crippen LogP contribution in [0.3, 0.4) is 0 Å². The monoisotopic (exact) mass is 388 g/mol. The number of rotatable bonds is 5. The van der Waals surface area contributed by atoms with Crippen molar-refractivity contribution in [1.82, 2.24) is 4.90 Å². The van der Waals surface area contributed by atoms with E-state index in [9.17, 15) is 13.2 Å². The molecule has 144 valence electrons. The fourth-order valence-electron chi connectivity index (χ4n) is 3.46. The van der Waals surface area contributed by atoms with Crippen LogP contribution in [-0.2, 0) is 21.0 Å². The maximum Gasteiger partial charge on any atom is 0.409 e. The summed E-state index contributed by atoms with van der Waals surface area (Å²) in [5.41, 5.74) is 2.61. The summed E-state index contributed by atoms with van der Waals surface area (Å²) < 4.78 is 31.1. The minimum absolute atomic E-state index is 0.224. The third kappa shape index (κ3) is 3.78. The topological polar surface area (TPSA) is 75.7 Å². The van der Waals surface area contributed by atoms with Gasteiger partial charge < -0.3 is 15.0 Å². The van der Waals surface area contributed by atoms with Gasteiger partial charge in [0.05, 0.1) is 12.0 Å². The number of carbonyl (C=O) groups excluding carboxylic acids is 1. The average molecular weight is 388 g/mol. The molecule has 2 aromatic rings. The van der Waals surface area contributed by atoms with E-state index in [-0.39, 0.29) is 6.04 Å². The molecule has 0 spiro atoms. The molecule has 0 saturated heterocycles. The highest BCUT2D eigenvalue weighted by Crippen LogP contribution is 2.42. The summed E-state index contributed by atoms with van der Waals surface area (Å²) in [5.74, 6) is 0. The van der Waals surface area contributed by atoms with Crippen LogP contribution in [0.4, 0.5) is 10.5 Å². The maximum atomic E-state index is 13.2. The lowest BCUT2D eigenvalue weighted by atomic mass is 10.0. The highest BCUT2D eigenvalue weighted by molar-refractivity contribution is 7.91. The van der Waals surface area contributed by atoms with Crippen LogP contribution in [0.5, 0.6) is 0 Å². The Kier molecular flexibility index (Phi) is 5.41. The number of anilines is 1. The van der Waals surface area contributed by atoms with Gasteiger partial charge in [-0.25, -0.2) is 13.2 Å². The van der Waals surface area contributed by atoms with E-state index in [1.165, 1.54) is 12.0 Å². The zero-order valence-corrected chi connectivity index (χ0v) is 16.5.